The molecule has 1 aliphatic heterocycles. The zero-order valence-electron chi connectivity index (χ0n) is 12.9. The molecule has 6 heteroatoms. The minimum atomic E-state index is -0.225. The summed E-state index contributed by atoms with van der Waals surface area (Å²) in [5.41, 5.74) is 2.63. The Hall–Kier alpha value is -2.89. The summed E-state index contributed by atoms with van der Waals surface area (Å²) >= 11 is 0. The summed E-state index contributed by atoms with van der Waals surface area (Å²) in [4.78, 5) is 31.7. The van der Waals surface area contributed by atoms with Gasteiger partial charge in [-0.05, 0) is 31.2 Å². The second-order valence-corrected chi connectivity index (χ2v) is 5.48. The average molecular weight is 310 g/mol. The van der Waals surface area contributed by atoms with Crippen LogP contribution >= 0.6 is 0 Å². The maximum absolute atomic E-state index is 12.4. The molecule has 3 rings (SSSR count). The molecule has 23 heavy (non-hydrogen) atoms. The van der Waals surface area contributed by atoms with E-state index in [1.54, 1.807) is 34.3 Å². The van der Waals surface area contributed by atoms with E-state index in [0.717, 1.165) is 11.3 Å². The zero-order chi connectivity index (χ0) is 16.2. The number of nitrogens with one attached hydrogen (secondary N) is 1. The van der Waals surface area contributed by atoms with E-state index >= 15 is 0 Å². The SMILES string of the molecule is Cc1ccc(N2CCN(CC(=O)Nc3cccnc3)C2=O)cc1. The molecule has 0 atom stereocenters. The van der Waals surface area contributed by atoms with Gasteiger partial charge in [-0.3, -0.25) is 14.7 Å². The first-order chi connectivity index (χ1) is 11.1. The second-order valence-electron chi connectivity index (χ2n) is 5.48. The number of aryl methyl sites for hydroxylation is 1. The second kappa shape index (κ2) is 6.48. The van der Waals surface area contributed by atoms with E-state index in [-0.39, 0.29) is 18.5 Å². The number of nitrogens with zero attached hydrogens (tertiary/aromatic N) is 3. The lowest BCUT2D eigenvalue weighted by molar-refractivity contribution is -0.116. The highest BCUT2D eigenvalue weighted by Gasteiger charge is 2.30. The van der Waals surface area contributed by atoms with Gasteiger partial charge in [0.05, 0.1) is 11.9 Å². The molecule has 0 bridgehead atoms. The van der Waals surface area contributed by atoms with Gasteiger partial charge >= 0.3 is 6.03 Å². The van der Waals surface area contributed by atoms with Crippen LogP contribution < -0.4 is 10.2 Å². The van der Waals surface area contributed by atoms with Gasteiger partial charge in [-0.15, -0.1) is 0 Å². The zero-order valence-corrected chi connectivity index (χ0v) is 12.9. The van der Waals surface area contributed by atoms with Crippen LogP contribution in [0.5, 0.6) is 0 Å². The van der Waals surface area contributed by atoms with E-state index < -0.39 is 0 Å². The monoisotopic (exact) mass is 310 g/mol. The Balaban J connectivity index is 1.61. The molecular formula is C17H18N4O2. The Kier molecular flexibility index (Phi) is 4.23. The minimum absolute atomic E-state index is 0.0378. The normalized spacial score (nSPS) is 14.2. The summed E-state index contributed by atoms with van der Waals surface area (Å²) in [5.74, 6) is -0.225. The number of anilines is 2. The molecule has 0 saturated carbocycles. The summed E-state index contributed by atoms with van der Waals surface area (Å²) in [7, 11) is 0. The number of aromatic nitrogens is 1. The van der Waals surface area contributed by atoms with Crippen molar-refractivity contribution >= 4 is 23.3 Å². The van der Waals surface area contributed by atoms with E-state index in [4.69, 9.17) is 0 Å². The third kappa shape index (κ3) is 3.48. The highest BCUT2D eigenvalue weighted by atomic mass is 16.2. The van der Waals surface area contributed by atoms with E-state index in [0.29, 0.717) is 18.8 Å². The molecule has 1 aromatic carbocycles. The van der Waals surface area contributed by atoms with Crippen LogP contribution in [-0.4, -0.2) is 41.5 Å². The van der Waals surface area contributed by atoms with Gasteiger partial charge in [0, 0.05) is 25.0 Å². The Morgan fingerprint density at radius 2 is 2.00 bits per heavy atom. The number of hydrogen-bond donors (Lipinski definition) is 1. The van der Waals surface area contributed by atoms with E-state index in [1.807, 2.05) is 31.2 Å². The summed E-state index contributed by atoms with van der Waals surface area (Å²) < 4.78 is 0. The maximum Gasteiger partial charge on any atom is 0.325 e. The summed E-state index contributed by atoms with van der Waals surface area (Å²) in [6.07, 6.45) is 3.21. The van der Waals surface area contributed by atoms with Crippen LogP contribution in [0.25, 0.3) is 0 Å². The predicted molar refractivity (Wildman–Crippen MR) is 88.4 cm³/mol. The van der Waals surface area contributed by atoms with E-state index in [2.05, 4.69) is 10.3 Å². The van der Waals surface area contributed by atoms with Crippen molar-refractivity contribution in [3.8, 4) is 0 Å². The van der Waals surface area contributed by atoms with Crippen molar-refractivity contribution in [1.82, 2.24) is 9.88 Å². The molecule has 0 aliphatic carbocycles. The fraction of sp³-hybridized carbons (Fsp3) is 0.235. The number of carbonyl (C=O) groups is 2. The van der Waals surface area contributed by atoms with Crippen molar-refractivity contribution in [3.05, 3.63) is 54.4 Å². The summed E-state index contributed by atoms with van der Waals surface area (Å²) in [6, 6.07) is 11.2. The molecule has 6 nitrogen and oxygen atoms in total. The highest BCUT2D eigenvalue weighted by Crippen LogP contribution is 2.20. The number of rotatable bonds is 4. The molecule has 1 aromatic heterocycles. The van der Waals surface area contributed by atoms with Gasteiger partial charge in [-0.2, -0.15) is 0 Å². The lowest BCUT2D eigenvalue weighted by Gasteiger charge is -2.18. The molecule has 1 fully saturated rings. The van der Waals surface area contributed by atoms with Crippen molar-refractivity contribution in [3.63, 3.8) is 0 Å². The van der Waals surface area contributed by atoms with Crippen LogP contribution in [0.15, 0.2) is 48.8 Å². The van der Waals surface area contributed by atoms with Crippen LogP contribution in [0.1, 0.15) is 5.56 Å². The molecule has 3 amide bonds. The largest absolute Gasteiger partial charge is 0.325 e. The molecule has 118 valence electrons. The van der Waals surface area contributed by atoms with Crippen LogP contribution in [0.3, 0.4) is 0 Å². The number of pyridine rings is 1. The quantitative estimate of drug-likeness (QED) is 0.942. The van der Waals surface area contributed by atoms with Gasteiger partial charge in [0.15, 0.2) is 0 Å². The van der Waals surface area contributed by atoms with E-state index in [9.17, 15) is 9.59 Å². The van der Waals surface area contributed by atoms with Gasteiger partial charge in [0.2, 0.25) is 5.91 Å². The van der Waals surface area contributed by atoms with Crippen LogP contribution in [0.2, 0.25) is 0 Å². The Bertz CT molecular complexity index is 700. The first kappa shape index (κ1) is 15.0. The third-order valence-corrected chi connectivity index (χ3v) is 3.72. The molecule has 1 N–H and O–H groups in total. The van der Waals surface area contributed by atoms with E-state index in [1.165, 1.54) is 0 Å². The Morgan fingerprint density at radius 3 is 2.70 bits per heavy atom. The van der Waals surface area contributed by atoms with Gasteiger partial charge in [0.25, 0.3) is 0 Å². The molecule has 2 heterocycles. The molecule has 0 radical (unpaired) electrons. The van der Waals surface area contributed by atoms with Crippen molar-refractivity contribution in [2.24, 2.45) is 0 Å². The van der Waals surface area contributed by atoms with Crippen LogP contribution in [0.4, 0.5) is 16.2 Å². The van der Waals surface area contributed by atoms with Crippen molar-refractivity contribution < 1.29 is 9.59 Å². The fourth-order valence-corrected chi connectivity index (χ4v) is 2.50. The number of urea groups is 1. The number of benzene rings is 1. The van der Waals surface area contributed by atoms with Crippen molar-refractivity contribution in [2.45, 2.75) is 6.92 Å². The van der Waals surface area contributed by atoms with Gasteiger partial charge in [0.1, 0.15) is 6.54 Å². The molecule has 2 aromatic rings. The van der Waals surface area contributed by atoms with Crippen molar-refractivity contribution in [1.29, 1.82) is 0 Å². The predicted octanol–water partition coefficient (Wildman–Crippen LogP) is 2.27. The molecule has 0 unspecified atom stereocenters. The lowest BCUT2D eigenvalue weighted by atomic mass is 10.2. The molecule has 1 aliphatic rings. The summed E-state index contributed by atoms with van der Waals surface area (Å²) in [5, 5.41) is 2.74. The molecule has 1 saturated heterocycles. The highest BCUT2D eigenvalue weighted by molar-refractivity contribution is 5.99. The van der Waals surface area contributed by atoms with Crippen molar-refractivity contribution in [2.75, 3.05) is 29.9 Å². The average Bonchev–Trinajstić information content (AvgIpc) is 2.90. The third-order valence-electron chi connectivity index (χ3n) is 3.72. The fourth-order valence-electron chi connectivity index (χ4n) is 2.50. The van der Waals surface area contributed by atoms with Gasteiger partial charge in [-0.1, -0.05) is 17.7 Å². The minimum Gasteiger partial charge on any atom is -0.323 e. The lowest BCUT2D eigenvalue weighted by Crippen LogP contribution is -2.37. The standard InChI is InChI=1S/C17H18N4O2/c1-13-4-6-15(7-5-13)21-10-9-20(17(21)23)12-16(22)19-14-3-2-8-18-11-14/h2-8,11H,9-10,12H2,1H3,(H,19,22). The molecular weight excluding hydrogens is 292 g/mol. The van der Waals surface area contributed by atoms with Crippen LogP contribution in [0, 0.1) is 6.92 Å². The first-order valence-electron chi connectivity index (χ1n) is 7.46. The number of carbonyl (C=O) groups excluding carboxylic acids is 2. The Labute approximate surface area is 134 Å². The maximum atomic E-state index is 12.4. The van der Waals surface area contributed by atoms with Crippen LogP contribution in [-0.2, 0) is 4.79 Å². The Morgan fingerprint density at radius 1 is 1.22 bits per heavy atom. The topological polar surface area (TPSA) is 65.5 Å². The van der Waals surface area contributed by atoms with Gasteiger partial charge in [-0.25, -0.2) is 4.79 Å². The molecule has 0 spiro atoms. The first-order valence-corrected chi connectivity index (χ1v) is 7.46. The number of amides is 3. The number of hydrogen-bond acceptors (Lipinski definition) is 3. The smallest absolute Gasteiger partial charge is 0.323 e. The summed E-state index contributed by atoms with van der Waals surface area (Å²) in [6.45, 7) is 3.16. The van der Waals surface area contributed by atoms with Gasteiger partial charge < -0.3 is 10.2 Å².